The maximum Gasteiger partial charge on any atom is 0.251 e. The van der Waals surface area contributed by atoms with Gasteiger partial charge in [-0.3, -0.25) is 19.4 Å². The van der Waals surface area contributed by atoms with E-state index in [1.807, 2.05) is 73.8 Å². The number of hydrogen-bond acceptors (Lipinski definition) is 6. The fourth-order valence-electron chi connectivity index (χ4n) is 5.03. The van der Waals surface area contributed by atoms with Gasteiger partial charge in [-0.1, -0.05) is 80.6 Å². The second-order valence-corrected chi connectivity index (χ2v) is 11.7. The molecule has 0 spiro atoms. The maximum absolute atomic E-state index is 13.6. The van der Waals surface area contributed by atoms with E-state index in [2.05, 4.69) is 40.8 Å². The Hall–Kier alpha value is -4.66. The predicted octanol–water partition coefficient (Wildman–Crippen LogP) is 5.39. The summed E-state index contributed by atoms with van der Waals surface area (Å²) in [5, 5.41) is 20.5. The van der Waals surface area contributed by atoms with Crippen molar-refractivity contribution in [1.29, 1.82) is 0 Å². The maximum atomic E-state index is 13.6. The SMILES string of the molecule is CC(=O)c1cc(C(=O)N[C@@H](Cc2ccccc2)[C@H](O)CNCc2cncc(C(C)C)c2)cc(C(=O)N[C@H](C)c2ccccc2)c1. The highest BCUT2D eigenvalue weighted by Gasteiger charge is 2.24. The fourth-order valence-corrected chi connectivity index (χ4v) is 5.03. The van der Waals surface area contributed by atoms with Crippen molar-refractivity contribution < 1.29 is 19.5 Å². The number of benzene rings is 3. The van der Waals surface area contributed by atoms with Crippen molar-refractivity contribution in [3.63, 3.8) is 0 Å². The molecule has 0 saturated heterocycles. The number of Topliss-reactive ketones (excluding diaryl/α,β-unsaturated/α-hetero) is 1. The van der Waals surface area contributed by atoms with Crippen LogP contribution in [0.1, 0.15) is 93.0 Å². The minimum atomic E-state index is -0.930. The highest BCUT2D eigenvalue weighted by atomic mass is 16.3. The lowest BCUT2D eigenvalue weighted by Gasteiger charge is -2.25. The quantitative estimate of drug-likeness (QED) is 0.143. The van der Waals surface area contributed by atoms with Crippen LogP contribution in [0.3, 0.4) is 0 Å². The van der Waals surface area contributed by atoms with Gasteiger partial charge in [-0.25, -0.2) is 0 Å². The molecule has 0 aliphatic rings. The highest BCUT2D eigenvalue weighted by molar-refractivity contribution is 6.04. The number of aliphatic hydroxyl groups is 1. The van der Waals surface area contributed by atoms with Crippen LogP contribution in [0.15, 0.2) is 97.3 Å². The second kappa shape index (κ2) is 15.9. The average Bonchev–Trinajstić information content (AvgIpc) is 3.05. The molecule has 4 rings (SSSR count). The highest BCUT2D eigenvalue weighted by Crippen LogP contribution is 2.17. The Balaban J connectivity index is 1.51. The number of ketones is 1. The second-order valence-electron chi connectivity index (χ2n) is 11.7. The molecule has 0 aliphatic heterocycles. The van der Waals surface area contributed by atoms with Crippen LogP contribution >= 0.6 is 0 Å². The zero-order valence-electron chi connectivity index (χ0n) is 26.3. The Morgan fingerprint density at radius 1 is 0.733 bits per heavy atom. The average molecular weight is 607 g/mol. The molecule has 0 aliphatic carbocycles. The summed E-state index contributed by atoms with van der Waals surface area (Å²) < 4.78 is 0. The van der Waals surface area contributed by atoms with Gasteiger partial charge in [-0.15, -0.1) is 0 Å². The van der Waals surface area contributed by atoms with E-state index >= 15 is 0 Å². The molecule has 8 heteroatoms. The number of aromatic nitrogens is 1. The van der Waals surface area contributed by atoms with Gasteiger partial charge in [-0.05, 0) is 66.6 Å². The minimum Gasteiger partial charge on any atom is -0.390 e. The van der Waals surface area contributed by atoms with E-state index < -0.39 is 24.0 Å². The van der Waals surface area contributed by atoms with Crippen LogP contribution in [0.25, 0.3) is 0 Å². The Morgan fingerprint density at radius 2 is 1.33 bits per heavy atom. The fraction of sp³-hybridized carbons (Fsp3) is 0.297. The van der Waals surface area contributed by atoms with E-state index in [1.54, 1.807) is 6.20 Å². The first-order valence-corrected chi connectivity index (χ1v) is 15.3. The molecule has 8 nitrogen and oxygen atoms in total. The monoisotopic (exact) mass is 606 g/mol. The Labute approximate surface area is 265 Å². The third kappa shape index (κ3) is 9.66. The van der Waals surface area contributed by atoms with Crippen LogP contribution in [0, 0.1) is 0 Å². The van der Waals surface area contributed by atoms with E-state index in [0.717, 1.165) is 22.3 Å². The van der Waals surface area contributed by atoms with Crippen LogP contribution in [-0.2, 0) is 13.0 Å². The van der Waals surface area contributed by atoms with Crippen molar-refractivity contribution in [3.05, 3.63) is 136 Å². The van der Waals surface area contributed by atoms with Gasteiger partial charge in [0, 0.05) is 42.2 Å². The number of pyridine rings is 1. The normalized spacial score (nSPS) is 13.1. The van der Waals surface area contributed by atoms with Gasteiger partial charge >= 0.3 is 0 Å². The van der Waals surface area contributed by atoms with Gasteiger partial charge in [0.1, 0.15) is 0 Å². The van der Waals surface area contributed by atoms with Crippen molar-refractivity contribution in [2.75, 3.05) is 6.54 Å². The Kier molecular flexibility index (Phi) is 11.7. The van der Waals surface area contributed by atoms with Gasteiger partial charge in [-0.2, -0.15) is 0 Å². The van der Waals surface area contributed by atoms with E-state index in [4.69, 9.17) is 0 Å². The molecule has 0 radical (unpaired) electrons. The van der Waals surface area contributed by atoms with Crippen molar-refractivity contribution in [2.45, 2.75) is 64.8 Å². The van der Waals surface area contributed by atoms with E-state index in [0.29, 0.717) is 18.9 Å². The summed E-state index contributed by atoms with van der Waals surface area (Å²) in [7, 11) is 0. The lowest BCUT2D eigenvalue weighted by Crippen LogP contribution is -2.48. The summed E-state index contributed by atoms with van der Waals surface area (Å²) in [6.45, 7) is 8.23. The molecule has 1 heterocycles. The first-order valence-electron chi connectivity index (χ1n) is 15.3. The van der Waals surface area contributed by atoms with E-state index in [9.17, 15) is 19.5 Å². The lowest BCUT2D eigenvalue weighted by atomic mass is 9.98. The van der Waals surface area contributed by atoms with Crippen molar-refractivity contribution in [3.8, 4) is 0 Å². The number of nitrogens with zero attached hydrogens (tertiary/aromatic N) is 1. The summed E-state index contributed by atoms with van der Waals surface area (Å²) in [5.74, 6) is -0.800. The number of rotatable bonds is 14. The number of aliphatic hydroxyl groups excluding tert-OH is 1. The summed E-state index contributed by atoms with van der Waals surface area (Å²) in [4.78, 5) is 43.6. The number of carbonyl (C=O) groups excluding carboxylic acids is 3. The van der Waals surface area contributed by atoms with Crippen molar-refractivity contribution in [1.82, 2.24) is 20.9 Å². The lowest BCUT2D eigenvalue weighted by molar-refractivity contribution is 0.0830. The molecule has 2 amide bonds. The molecule has 3 aromatic carbocycles. The van der Waals surface area contributed by atoms with Crippen LogP contribution in [-0.4, -0.2) is 46.4 Å². The minimum absolute atomic E-state index is 0.162. The zero-order chi connectivity index (χ0) is 32.3. The third-order valence-corrected chi connectivity index (χ3v) is 7.76. The first-order chi connectivity index (χ1) is 21.6. The van der Waals surface area contributed by atoms with Crippen LogP contribution in [0.4, 0.5) is 0 Å². The molecule has 0 saturated carbocycles. The molecule has 4 aromatic rings. The van der Waals surface area contributed by atoms with Gasteiger partial charge < -0.3 is 21.1 Å². The van der Waals surface area contributed by atoms with Crippen molar-refractivity contribution in [2.24, 2.45) is 0 Å². The summed E-state index contributed by atoms with van der Waals surface area (Å²) in [5.41, 5.74) is 4.64. The van der Waals surface area contributed by atoms with Crippen LogP contribution in [0.5, 0.6) is 0 Å². The standard InChI is InChI=1S/C37H42N4O4/c1-24(2)33-15-28(20-38-22-33)21-39-23-35(43)34(16-27-11-7-5-8-12-27)41-37(45)32-18-30(26(4)42)17-31(19-32)36(44)40-25(3)29-13-9-6-10-14-29/h5-15,17-20,22,24-25,34-35,39,43H,16,21,23H2,1-4H3,(H,40,44)(H,41,45)/t25-,34+,35-/m1/s1. The number of carbonyl (C=O) groups is 3. The van der Waals surface area contributed by atoms with Crippen molar-refractivity contribution >= 4 is 17.6 Å². The number of nitrogens with one attached hydrogen (secondary N) is 3. The Morgan fingerprint density at radius 3 is 1.96 bits per heavy atom. The van der Waals surface area contributed by atoms with E-state index in [-0.39, 0.29) is 35.1 Å². The Bertz CT molecular complexity index is 1590. The van der Waals surface area contributed by atoms with Gasteiger partial charge in [0.2, 0.25) is 0 Å². The molecule has 234 valence electrons. The molecule has 0 fully saturated rings. The first kappa shape index (κ1) is 33.2. The summed E-state index contributed by atoms with van der Waals surface area (Å²) in [6.07, 6.45) is 3.11. The molecule has 45 heavy (non-hydrogen) atoms. The summed E-state index contributed by atoms with van der Waals surface area (Å²) >= 11 is 0. The van der Waals surface area contributed by atoms with E-state index in [1.165, 1.54) is 25.1 Å². The number of amides is 2. The predicted molar refractivity (Wildman–Crippen MR) is 176 cm³/mol. The smallest absolute Gasteiger partial charge is 0.251 e. The molecule has 3 atom stereocenters. The molecule has 0 bridgehead atoms. The summed E-state index contributed by atoms with van der Waals surface area (Å²) in [6, 6.07) is 24.8. The zero-order valence-corrected chi connectivity index (χ0v) is 26.3. The molecule has 1 aromatic heterocycles. The topological polar surface area (TPSA) is 120 Å². The third-order valence-electron chi connectivity index (χ3n) is 7.76. The molecule has 0 unspecified atom stereocenters. The largest absolute Gasteiger partial charge is 0.390 e. The number of hydrogen-bond donors (Lipinski definition) is 4. The van der Waals surface area contributed by atoms with Gasteiger partial charge in [0.15, 0.2) is 5.78 Å². The van der Waals surface area contributed by atoms with Gasteiger partial charge in [0.25, 0.3) is 11.8 Å². The van der Waals surface area contributed by atoms with Gasteiger partial charge in [0.05, 0.1) is 18.2 Å². The van der Waals surface area contributed by atoms with Crippen LogP contribution in [0.2, 0.25) is 0 Å². The van der Waals surface area contributed by atoms with Crippen LogP contribution < -0.4 is 16.0 Å². The molecular weight excluding hydrogens is 564 g/mol. The molecule has 4 N–H and O–H groups in total. The molecular formula is C37H42N4O4.